The van der Waals surface area contributed by atoms with Crippen molar-refractivity contribution >= 4 is 23.1 Å². The highest BCUT2D eigenvalue weighted by Crippen LogP contribution is 2.19. The normalized spacial score (nSPS) is 10.5. The fraction of sp³-hybridized carbons (Fsp3) is 0.105. The van der Waals surface area contributed by atoms with Gasteiger partial charge in [0, 0.05) is 23.5 Å². The third-order valence-electron chi connectivity index (χ3n) is 3.57. The molecule has 0 radical (unpaired) electrons. The average Bonchev–Trinajstić information content (AvgIpc) is 2.57. The minimum atomic E-state index is -1.04. The SMILES string of the molecule is Cc1cc(C)cc(Nc2cc(C(=O)Nc3ccc(F)c(F)c3)ncn2)c1. The summed E-state index contributed by atoms with van der Waals surface area (Å²) >= 11 is 0. The zero-order valence-corrected chi connectivity index (χ0v) is 14.2. The van der Waals surface area contributed by atoms with Crippen molar-refractivity contribution in [1.82, 2.24) is 9.97 Å². The second-order valence-corrected chi connectivity index (χ2v) is 5.87. The van der Waals surface area contributed by atoms with Crippen molar-refractivity contribution in [3.63, 3.8) is 0 Å². The molecule has 132 valence electrons. The molecule has 0 aliphatic rings. The van der Waals surface area contributed by atoms with Gasteiger partial charge in [0.25, 0.3) is 5.91 Å². The lowest BCUT2D eigenvalue weighted by Gasteiger charge is -2.09. The first-order valence-corrected chi connectivity index (χ1v) is 7.84. The second-order valence-electron chi connectivity index (χ2n) is 5.87. The van der Waals surface area contributed by atoms with E-state index in [1.54, 1.807) is 0 Å². The number of carbonyl (C=O) groups excluding carboxylic acids is 1. The van der Waals surface area contributed by atoms with Crippen molar-refractivity contribution in [1.29, 1.82) is 0 Å². The highest BCUT2D eigenvalue weighted by molar-refractivity contribution is 6.03. The maximum Gasteiger partial charge on any atom is 0.274 e. The Morgan fingerprint density at radius 3 is 2.31 bits per heavy atom. The lowest BCUT2D eigenvalue weighted by Crippen LogP contribution is -2.14. The third kappa shape index (κ3) is 4.18. The van der Waals surface area contributed by atoms with Crippen LogP contribution >= 0.6 is 0 Å². The minimum Gasteiger partial charge on any atom is -0.340 e. The van der Waals surface area contributed by atoms with Crippen LogP contribution in [0.3, 0.4) is 0 Å². The van der Waals surface area contributed by atoms with Gasteiger partial charge in [0.05, 0.1) is 0 Å². The van der Waals surface area contributed by atoms with Crippen molar-refractivity contribution < 1.29 is 13.6 Å². The topological polar surface area (TPSA) is 66.9 Å². The lowest BCUT2D eigenvalue weighted by atomic mass is 10.1. The van der Waals surface area contributed by atoms with E-state index in [1.807, 2.05) is 32.0 Å². The average molecular weight is 354 g/mol. The molecule has 1 amide bonds. The standard InChI is InChI=1S/C19H16F2N4O/c1-11-5-12(2)7-14(6-11)24-18-9-17(22-10-23-18)19(26)25-13-3-4-15(20)16(21)8-13/h3-10H,1-2H3,(H,25,26)(H,22,23,24). The fourth-order valence-corrected chi connectivity index (χ4v) is 2.51. The van der Waals surface area contributed by atoms with Crippen LogP contribution in [0.5, 0.6) is 0 Å². The van der Waals surface area contributed by atoms with Crippen LogP contribution in [0.15, 0.2) is 48.8 Å². The predicted molar refractivity (Wildman–Crippen MR) is 95.5 cm³/mol. The Bertz CT molecular complexity index is 955. The molecule has 0 aliphatic heterocycles. The van der Waals surface area contributed by atoms with Gasteiger partial charge in [0.1, 0.15) is 17.8 Å². The van der Waals surface area contributed by atoms with Crippen molar-refractivity contribution in [2.45, 2.75) is 13.8 Å². The highest BCUT2D eigenvalue weighted by Gasteiger charge is 2.11. The number of anilines is 3. The van der Waals surface area contributed by atoms with E-state index in [1.165, 1.54) is 18.5 Å². The smallest absolute Gasteiger partial charge is 0.274 e. The monoisotopic (exact) mass is 354 g/mol. The summed E-state index contributed by atoms with van der Waals surface area (Å²) in [5.41, 5.74) is 3.26. The molecular weight excluding hydrogens is 338 g/mol. The number of nitrogens with one attached hydrogen (secondary N) is 2. The zero-order chi connectivity index (χ0) is 18.7. The first-order valence-electron chi connectivity index (χ1n) is 7.84. The van der Waals surface area contributed by atoms with Gasteiger partial charge in [0.15, 0.2) is 11.6 Å². The Kier molecular flexibility index (Phi) is 4.88. The van der Waals surface area contributed by atoms with Gasteiger partial charge in [0.2, 0.25) is 0 Å². The highest BCUT2D eigenvalue weighted by atomic mass is 19.2. The molecule has 0 fully saturated rings. The van der Waals surface area contributed by atoms with E-state index in [-0.39, 0.29) is 11.4 Å². The Morgan fingerprint density at radius 2 is 1.62 bits per heavy atom. The maximum atomic E-state index is 13.2. The number of hydrogen-bond acceptors (Lipinski definition) is 4. The summed E-state index contributed by atoms with van der Waals surface area (Å²) in [6, 6.07) is 10.6. The van der Waals surface area contributed by atoms with Crippen LogP contribution in [-0.2, 0) is 0 Å². The maximum absolute atomic E-state index is 13.2. The number of benzene rings is 2. The van der Waals surface area contributed by atoms with Gasteiger partial charge in [-0.1, -0.05) is 6.07 Å². The summed E-state index contributed by atoms with van der Waals surface area (Å²) in [5, 5.41) is 5.59. The van der Waals surface area contributed by atoms with E-state index in [2.05, 4.69) is 20.6 Å². The molecule has 5 nitrogen and oxygen atoms in total. The molecule has 2 N–H and O–H groups in total. The Balaban J connectivity index is 1.77. The summed E-state index contributed by atoms with van der Waals surface area (Å²) in [5.74, 6) is -2.13. The summed E-state index contributed by atoms with van der Waals surface area (Å²) in [6.07, 6.45) is 1.26. The Morgan fingerprint density at radius 1 is 0.885 bits per heavy atom. The molecule has 3 rings (SSSR count). The van der Waals surface area contributed by atoms with Gasteiger partial charge in [-0.3, -0.25) is 4.79 Å². The summed E-state index contributed by atoms with van der Waals surface area (Å²) < 4.78 is 26.2. The van der Waals surface area contributed by atoms with Gasteiger partial charge in [-0.05, 0) is 49.2 Å². The van der Waals surface area contributed by atoms with E-state index < -0.39 is 17.5 Å². The molecule has 0 aliphatic carbocycles. The van der Waals surface area contributed by atoms with Gasteiger partial charge >= 0.3 is 0 Å². The van der Waals surface area contributed by atoms with E-state index >= 15 is 0 Å². The predicted octanol–water partition coefficient (Wildman–Crippen LogP) is 4.37. The van der Waals surface area contributed by atoms with E-state index in [4.69, 9.17) is 0 Å². The molecule has 0 atom stereocenters. The number of hydrogen-bond donors (Lipinski definition) is 2. The molecule has 7 heteroatoms. The van der Waals surface area contributed by atoms with Crippen molar-refractivity contribution in [2.24, 2.45) is 0 Å². The van der Waals surface area contributed by atoms with Crippen LogP contribution in [0.1, 0.15) is 21.6 Å². The van der Waals surface area contributed by atoms with E-state index in [9.17, 15) is 13.6 Å². The molecule has 0 bridgehead atoms. The first-order chi connectivity index (χ1) is 12.4. The molecule has 1 heterocycles. The van der Waals surface area contributed by atoms with Crippen LogP contribution in [0, 0.1) is 25.5 Å². The van der Waals surface area contributed by atoms with Crippen molar-refractivity contribution in [2.75, 3.05) is 10.6 Å². The van der Waals surface area contributed by atoms with Crippen LogP contribution in [0.25, 0.3) is 0 Å². The molecule has 0 spiro atoms. The number of rotatable bonds is 4. The molecule has 2 aromatic carbocycles. The quantitative estimate of drug-likeness (QED) is 0.730. The minimum absolute atomic E-state index is 0.0941. The molecule has 3 aromatic rings. The van der Waals surface area contributed by atoms with Crippen LogP contribution in [0.4, 0.5) is 26.0 Å². The van der Waals surface area contributed by atoms with Crippen LogP contribution < -0.4 is 10.6 Å². The van der Waals surface area contributed by atoms with Crippen LogP contribution in [-0.4, -0.2) is 15.9 Å². The molecule has 0 saturated heterocycles. The first kappa shape index (κ1) is 17.5. The van der Waals surface area contributed by atoms with Gasteiger partial charge in [-0.25, -0.2) is 18.7 Å². The van der Waals surface area contributed by atoms with Crippen LogP contribution in [0.2, 0.25) is 0 Å². The summed E-state index contributed by atoms with van der Waals surface area (Å²) in [6.45, 7) is 3.97. The molecular formula is C19H16F2N4O. The molecule has 0 saturated carbocycles. The Labute approximate surface area is 149 Å². The Hall–Kier alpha value is -3.35. The van der Waals surface area contributed by atoms with E-state index in [0.717, 1.165) is 28.9 Å². The third-order valence-corrected chi connectivity index (χ3v) is 3.57. The molecule has 0 unspecified atom stereocenters. The largest absolute Gasteiger partial charge is 0.340 e. The number of amides is 1. The summed E-state index contributed by atoms with van der Waals surface area (Å²) in [7, 11) is 0. The molecule has 1 aromatic heterocycles. The number of aryl methyl sites for hydroxylation is 2. The number of nitrogens with zero attached hydrogens (tertiary/aromatic N) is 2. The van der Waals surface area contributed by atoms with E-state index in [0.29, 0.717) is 5.82 Å². The zero-order valence-electron chi connectivity index (χ0n) is 14.2. The van der Waals surface area contributed by atoms with Gasteiger partial charge in [-0.15, -0.1) is 0 Å². The van der Waals surface area contributed by atoms with Gasteiger partial charge in [-0.2, -0.15) is 0 Å². The lowest BCUT2D eigenvalue weighted by molar-refractivity contribution is 0.102. The van der Waals surface area contributed by atoms with Crippen molar-refractivity contribution in [3.8, 4) is 0 Å². The molecule has 26 heavy (non-hydrogen) atoms. The fourth-order valence-electron chi connectivity index (χ4n) is 2.51. The number of carbonyl (C=O) groups is 1. The van der Waals surface area contributed by atoms with Crippen molar-refractivity contribution in [3.05, 3.63) is 77.2 Å². The number of halogens is 2. The van der Waals surface area contributed by atoms with Gasteiger partial charge < -0.3 is 10.6 Å². The second kappa shape index (κ2) is 7.26. The summed E-state index contributed by atoms with van der Waals surface area (Å²) in [4.78, 5) is 20.3. The number of aromatic nitrogens is 2.